The first-order valence-corrected chi connectivity index (χ1v) is 12.0. The van der Waals surface area contributed by atoms with Crippen molar-refractivity contribution in [1.82, 2.24) is 34.5 Å². The molecule has 0 unspecified atom stereocenters. The number of hydrogen-bond donors (Lipinski definition) is 2. The molecule has 3 N–H and O–H groups in total. The van der Waals surface area contributed by atoms with Crippen molar-refractivity contribution in [2.45, 2.75) is 26.6 Å². The quantitative estimate of drug-likeness (QED) is 0.243. The van der Waals surface area contributed by atoms with Crippen molar-refractivity contribution in [2.75, 3.05) is 24.2 Å². The fourth-order valence-electron chi connectivity index (χ4n) is 3.42. The van der Waals surface area contributed by atoms with Crippen LogP contribution in [0.4, 0.5) is 24.7 Å². The van der Waals surface area contributed by atoms with Gasteiger partial charge in [-0.3, -0.25) is 4.68 Å². The number of rotatable bonds is 8. The lowest BCUT2D eigenvalue weighted by molar-refractivity contribution is -0.142. The second kappa shape index (κ2) is 11.2. The van der Waals surface area contributed by atoms with Gasteiger partial charge in [0.05, 0.1) is 35.8 Å². The van der Waals surface area contributed by atoms with E-state index < -0.39 is 12.7 Å². The molecule has 4 rings (SSSR count). The fourth-order valence-corrected chi connectivity index (χ4v) is 3.57. The number of hydrogen-bond acceptors (Lipinski definition) is 8. The second-order valence-corrected chi connectivity index (χ2v) is 9.83. The summed E-state index contributed by atoms with van der Waals surface area (Å²) in [5.41, 5.74) is 7.51. The first-order chi connectivity index (χ1) is 18.4. The Hall–Kier alpha value is -4.31. The van der Waals surface area contributed by atoms with E-state index in [9.17, 15) is 13.2 Å². The smallest absolute Gasteiger partial charge is 0.408 e. The number of aromatic nitrogens is 7. The number of aryl methyl sites for hydroxylation is 1. The van der Waals surface area contributed by atoms with Crippen LogP contribution in [-0.2, 0) is 13.6 Å². The Morgan fingerprint density at radius 1 is 1.13 bits per heavy atom. The summed E-state index contributed by atoms with van der Waals surface area (Å²) in [6.07, 6.45) is 2.82. The number of anilines is 2. The third kappa shape index (κ3) is 7.61. The van der Waals surface area contributed by atoms with Gasteiger partial charge in [-0.2, -0.15) is 23.4 Å². The van der Waals surface area contributed by atoms with Crippen LogP contribution in [0.5, 0.6) is 5.88 Å². The largest absolute Gasteiger partial charge is 0.477 e. The molecule has 0 bridgehead atoms. The van der Waals surface area contributed by atoms with Crippen LogP contribution >= 0.6 is 11.6 Å². The molecule has 0 saturated heterocycles. The van der Waals surface area contributed by atoms with E-state index in [1.807, 2.05) is 13.8 Å². The highest BCUT2D eigenvalue weighted by molar-refractivity contribution is 6.29. The standard InChI is InChI=1S/C25H25ClF3N9O/c1-24(2,15-39-23-18(11-34-37(23)3)22-31-7-6-21(30)36-22)13-33-19-8-20(26)32-10-17(19)5-4-16-9-35-38(12-16)14-25(27,28)29/h6-12H,13-15H2,1-3H3,(H,32,33)(H2,30,31,36). The molecule has 0 atom stereocenters. The summed E-state index contributed by atoms with van der Waals surface area (Å²) in [6, 6.07) is 3.23. The predicted octanol–water partition coefficient (Wildman–Crippen LogP) is 4.18. The fraction of sp³-hybridized carbons (Fsp3) is 0.320. The number of nitrogens with two attached hydrogens (primary N) is 1. The normalized spacial score (nSPS) is 11.7. The number of nitrogens with zero attached hydrogens (tertiary/aromatic N) is 7. The number of ether oxygens (including phenoxy) is 1. The van der Waals surface area contributed by atoms with E-state index >= 15 is 0 Å². The van der Waals surface area contributed by atoms with Crippen molar-refractivity contribution < 1.29 is 17.9 Å². The van der Waals surface area contributed by atoms with Gasteiger partial charge in [0, 0.05) is 37.6 Å². The molecule has 0 aromatic carbocycles. The summed E-state index contributed by atoms with van der Waals surface area (Å²) in [5, 5.41) is 11.5. The molecular formula is C25H25ClF3N9O. The Kier molecular flexibility index (Phi) is 7.96. The molecule has 204 valence electrons. The maximum Gasteiger partial charge on any atom is 0.408 e. The third-order valence-corrected chi connectivity index (χ3v) is 5.55. The van der Waals surface area contributed by atoms with Crippen molar-refractivity contribution in [3.63, 3.8) is 0 Å². The number of alkyl halides is 3. The van der Waals surface area contributed by atoms with Crippen LogP contribution in [-0.4, -0.2) is 53.8 Å². The maximum atomic E-state index is 12.6. The monoisotopic (exact) mass is 559 g/mol. The van der Waals surface area contributed by atoms with Crippen molar-refractivity contribution in [3.05, 3.63) is 59.4 Å². The first kappa shape index (κ1) is 27.7. The van der Waals surface area contributed by atoms with Gasteiger partial charge in [-0.15, -0.1) is 0 Å². The Morgan fingerprint density at radius 3 is 2.67 bits per heavy atom. The zero-order valence-electron chi connectivity index (χ0n) is 21.3. The van der Waals surface area contributed by atoms with Crippen LogP contribution in [0.15, 0.2) is 43.1 Å². The van der Waals surface area contributed by atoms with E-state index in [0.717, 1.165) is 4.68 Å². The first-order valence-electron chi connectivity index (χ1n) is 11.6. The van der Waals surface area contributed by atoms with Gasteiger partial charge in [0.1, 0.15) is 23.1 Å². The number of nitrogen functional groups attached to an aromatic ring is 1. The molecule has 0 aliphatic heterocycles. The number of halogens is 4. The highest BCUT2D eigenvalue weighted by Crippen LogP contribution is 2.29. The average Bonchev–Trinajstić information content (AvgIpc) is 3.45. The molecule has 0 radical (unpaired) electrons. The van der Waals surface area contributed by atoms with Gasteiger partial charge in [0.15, 0.2) is 5.82 Å². The van der Waals surface area contributed by atoms with Gasteiger partial charge < -0.3 is 15.8 Å². The van der Waals surface area contributed by atoms with Gasteiger partial charge in [0.25, 0.3) is 0 Å². The van der Waals surface area contributed by atoms with Gasteiger partial charge in [-0.05, 0) is 12.1 Å². The summed E-state index contributed by atoms with van der Waals surface area (Å²) < 4.78 is 46.3. The third-order valence-electron chi connectivity index (χ3n) is 5.35. The molecule has 0 aliphatic rings. The molecule has 4 aromatic heterocycles. The zero-order valence-corrected chi connectivity index (χ0v) is 22.0. The van der Waals surface area contributed by atoms with E-state index in [2.05, 4.69) is 42.3 Å². The minimum atomic E-state index is -4.37. The average molecular weight is 560 g/mol. The Balaban J connectivity index is 1.44. The summed E-state index contributed by atoms with van der Waals surface area (Å²) >= 11 is 6.11. The van der Waals surface area contributed by atoms with E-state index in [1.165, 1.54) is 18.6 Å². The highest BCUT2D eigenvalue weighted by Gasteiger charge is 2.28. The highest BCUT2D eigenvalue weighted by atomic mass is 35.5. The summed E-state index contributed by atoms with van der Waals surface area (Å²) in [5.74, 6) is 6.99. The molecule has 4 aromatic rings. The van der Waals surface area contributed by atoms with E-state index in [0.29, 0.717) is 53.1 Å². The lowest BCUT2D eigenvalue weighted by Crippen LogP contribution is -2.30. The van der Waals surface area contributed by atoms with Gasteiger partial charge in [-0.1, -0.05) is 37.3 Å². The number of pyridine rings is 1. The lowest BCUT2D eigenvalue weighted by Gasteiger charge is -2.26. The molecule has 0 amide bonds. The second-order valence-electron chi connectivity index (χ2n) is 9.44. The SMILES string of the molecule is Cn1ncc(-c2nccc(N)n2)c1OCC(C)(C)CNc1cc(Cl)ncc1C#Cc1cnn(CC(F)(F)F)c1. The molecule has 0 spiro atoms. The molecule has 4 heterocycles. The predicted molar refractivity (Wildman–Crippen MR) is 140 cm³/mol. The Morgan fingerprint density at radius 2 is 1.92 bits per heavy atom. The van der Waals surface area contributed by atoms with Gasteiger partial charge in [-0.25, -0.2) is 19.6 Å². The Labute approximate surface area is 227 Å². The van der Waals surface area contributed by atoms with Crippen LogP contribution < -0.4 is 15.8 Å². The number of nitrogens with one attached hydrogen (secondary N) is 1. The minimum absolute atomic E-state index is 0.261. The van der Waals surface area contributed by atoms with Crippen molar-refractivity contribution in [3.8, 4) is 29.1 Å². The zero-order chi connectivity index (χ0) is 28.2. The van der Waals surface area contributed by atoms with Gasteiger partial charge in [0.2, 0.25) is 5.88 Å². The van der Waals surface area contributed by atoms with Gasteiger partial charge >= 0.3 is 6.18 Å². The molecule has 10 nitrogen and oxygen atoms in total. The molecule has 0 saturated carbocycles. The van der Waals surface area contributed by atoms with Crippen molar-refractivity contribution in [2.24, 2.45) is 12.5 Å². The molecule has 39 heavy (non-hydrogen) atoms. The van der Waals surface area contributed by atoms with Crippen LogP contribution in [0.3, 0.4) is 0 Å². The summed E-state index contributed by atoms with van der Waals surface area (Å²) in [4.78, 5) is 12.6. The van der Waals surface area contributed by atoms with Crippen molar-refractivity contribution in [1.29, 1.82) is 0 Å². The molecule has 0 fully saturated rings. The van der Waals surface area contributed by atoms with Crippen LogP contribution in [0.1, 0.15) is 25.0 Å². The van der Waals surface area contributed by atoms with E-state index in [1.54, 1.807) is 36.3 Å². The topological polar surface area (TPSA) is 122 Å². The van der Waals surface area contributed by atoms with Crippen LogP contribution in [0.25, 0.3) is 11.4 Å². The molecule has 14 heteroatoms. The molecule has 0 aliphatic carbocycles. The summed E-state index contributed by atoms with van der Waals surface area (Å²) in [6.45, 7) is 3.61. The minimum Gasteiger partial charge on any atom is -0.477 e. The van der Waals surface area contributed by atoms with Crippen LogP contribution in [0, 0.1) is 17.3 Å². The van der Waals surface area contributed by atoms with E-state index in [4.69, 9.17) is 22.1 Å². The molecular weight excluding hydrogens is 535 g/mol. The Bertz CT molecular complexity index is 1520. The van der Waals surface area contributed by atoms with E-state index in [-0.39, 0.29) is 10.6 Å². The van der Waals surface area contributed by atoms with Crippen LogP contribution in [0.2, 0.25) is 5.15 Å². The lowest BCUT2D eigenvalue weighted by atomic mass is 9.94. The van der Waals surface area contributed by atoms with Crippen molar-refractivity contribution >= 4 is 23.1 Å². The maximum absolute atomic E-state index is 12.6. The summed E-state index contributed by atoms with van der Waals surface area (Å²) in [7, 11) is 1.76.